The molecular weight excluding hydrogens is 358 g/mol. The van der Waals surface area contributed by atoms with E-state index in [2.05, 4.69) is 5.32 Å². The molecule has 7 nitrogen and oxygen atoms in total. The van der Waals surface area contributed by atoms with Gasteiger partial charge in [-0.15, -0.1) is 0 Å². The summed E-state index contributed by atoms with van der Waals surface area (Å²) in [6.07, 6.45) is 1.10. The number of rotatable bonds is 5. The van der Waals surface area contributed by atoms with Gasteiger partial charge in [-0.1, -0.05) is 11.6 Å². The Balaban J connectivity index is 1.92. The van der Waals surface area contributed by atoms with Crippen molar-refractivity contribution in [2.75, 3.05) is 40.8 Å². The molecule has 0 aromatic heterocycles. The summed E-state index contributed by atoms with van der Waals surface area (Å²) in [5.41, 5.74) is 0.416. The van der Waals surface area contributed by atoms with E-state index in [-0.39, 0.29) is 30.2 Å². The number of nitrogens with one attached hydrogen (secondary N) is 1. The fourth-order valence-corrected chi connectivity index (χ4v) is 3.00. The van der Waals surface area contributed by atoms with Crippen molar-refractivity contribution in [3.05, 3.63) is 28.8 Å². The lowest BCUT2D eigenvalue weighted by Crippen LogP contribution is -2.45. The van der Waals surface area contributed by atoms with Gasteiger partial charge in [-0.25, -0.2) is 0 Å². The van der Waals surface area contributed by atoms with Crippen molar-refractivity contribution in [1.29, 1.82) is 0 Å². The first kappa shape index (κ1) is 20.0. The van der Waals surface area contributed by atoms with Gasteiger partial charge >= 0.3 is 0 Å². The maximum Gasteiger partial charge on any atom is 0.257 e. The van der Waals surface area contributed by atoms with Gasteiger partial charge in [0.2, 0.25) is 11.8 Å². The summed E-state index contributed by atoms with van der Waals surface area (Å²) in [5, 5.41) is 3.13. The first-order valence-electron chi connectivity index (χ1n) is 8.44. The molecule has 1 aromatic rings. The predicted molar refractivity (Wildman–Crippen MR) is 98.3 cm³/mol. The third kappa shape index (κ3) is 4.88. The lowest BCUT2D eigenvalue weighted by Gasteiger charge is -2.31. The largest absolute Gasteiger partial charge is 0.496 e. The van der Waals surface area contributed by atoms with E-state index in [9.17, 15) is 14.4 Å². The van der Waals surface area contributed by atoms with Gasteiger partial charge in [-0.2, -0.15) is 0 Å². The van der Waals surface area contributed by atoms with E-state index in [0.717, 1.165) is 0 Å². The maximum absolute atomic E-state index is 12.7. The number of hydrogen-bond acceptors (Lipinski definition) is 4. The van der Waals surface area contributed by atoms with Gasteiger partial charge in [0.25, 0.3) is 5.91 Å². The highest BCUT2D eigenvalue weighted by Crippen LogP contribution is 2.26. The molecule has 0 aliphatic carbocycles. The number of likely N-dealkylation sites (tertiary alicyclic amines) is 1. The molecule has 1 aromatic carbocycles. The molecule has 1 saturated heterocycles. The second-order valence-electron chi connectivity index (χ2n) is 6.42. The van der Waals surface area contributed by atoms with Gasteiger partial charge in [-0.3, -0.25) is 14.4 Å². The Morgan fingerprint density at radius 1 is 1.27 bits per heavy atom. The monoisotopic (exact) mass is 381 g/mol. The van der Waals surface area contributed by atoms with Crippen LogP contribution in [0, 0.1) is 5.92 Å². The normalized spacial score (nSPS) is 14.7. The number of carbonyl (C=O) groups is 3. The molecule has 1 aliphatic heterocycles. The van der Waals surface area contributed by atoms with E-state index < -0.39 is 0 Å². The fourth-order valence-electron chi connectivity index (χ4n) is 2.83. The molecule has 0 unspecified atom stereocenters. The standard InChI is InChI=1S/C18H24ClN3O4/c1-21(2)16(23)11-20-17(24)12-6-8-22(9-7-12)18(25)14-10-13(19)4-5-15(14)26-3/h4-5,10,12H,6-9,11H2,1-3H3,(H,20,24). The first-order chi connectivity index (χ1) is 12.3. The molecule has 0 saturated carbocycles. The molecule has 0 radical (unpaired) electrons. The molecule has 0 bridgehead atoms. The summed E-state index contributed by atoms with van der Waals surface area (Å²) in [6.45, 7) is 0.924. The Bertz CT molecular complexity index is 685. The van der Waals surface area contributed by atoms with Crippen LogP contribution >= 0.6 is 11.6 Å². The Morgan fingerprint density at radius 2 is 1.92 bits per heavy atom. The third-order valence-corrected chi connectivity index (χ3v) is 4.69. The average molecular weight is 382 g/mol. The molecule has 1 fully saturated rings. The van der Waals surface area contributed by atoms with E-state index in [4.69, 9.17) is 16.3 Å². The SMILES string of the molecule is COc1ccc(Cl)cc1C(=O)N1CCC(C(=O)NCC(=O)N(C)C)CC1. The summed E-state index contributed by atoms with van der Waals surface area (Å²) >= 11 is 5.99. The minimum absolute atomic E-state index is 0.00923. The van der Waals surface area contributed by atoms with Crippen LogP contribution in [0.1, 0.15) is 23.2 Å². The summed E-state index contributed by atoms with van der Waals surface area (Å²) in [4.78, 5) is 39.6. The van der Waals surface area contributed by atoms with E-state index in [1.807, 2.05) is 0 Å². The van der Waals surface area contributed by atoms with Gasteiger partial charge in [0.05, 0.1) is 19.2 Å². The molecule has 1 aliphatic rings. The van der Waals surface area contributed by atoms with Crippen molar-refractivity contribution < 1.29 is 19.1 Å². The topological polar surface area (TPSA) is 79.0 Å². The zero-order valence-corrected chi connectivity index (χ0v) is 16.0. The van der Waals surface area contributed by atoms with Crippen molar-refractivity contribution in [3.8, 4) is 5.75 Å². The molecule has 0 spiro atoms. The average Bonchev–Trinajstić information content (AvgIpc) is 2.65. The molecule has 142 valence electrons. The Kier molecular flexibility index (Phi) is 6.85. The Labute approximate surface area is 158 Å². The van der Waals surface area contributed by atoms with Crippen molar-refractivity contribution >= 4 is 29.3 Å². The van der Waals surface area contributed by atoms with Gasteiger partial charge in [0, 0.05) is 38.1 Å². The first-order valence-corrected chi connectivity index (χ1v) is 8.82. The number of nitrogens with zero attached hydrogens (tertiary/aromatic N) is 2. The van der Waals surface area contributed by atoms with Crippen LogP contribution in [0.25, 0.3) is 0 Å². The van der Waals surface area contributed by atoms with Gasteiger partial charge in [0.15, 0.2) is 0 Å². The summed E-state index contributed by atoms with van der Waals surface area (Å²) in [5.74, 6) is -0.186. The highest BCUT2D eigenvalue weighted by molar-refractivity contribution is 6.31. The third-order valence-electron chi connectivity index (χ3n) is 4.46. The molecule has 1 heterocycles. The zero-order chi connectivity index (χ0) is 19.3. The van der Waals surface area contributed by atoms with Crippen molar-refractivity contribution in [2.24, 2.45) is 5.92 Å². The second kappa shape index (κ2) is 8.89. The number of halogens is 1. The van der Waals surface area contributed by atoms with Crippen molar-refractivity contribution in [1.82, 2.24) is 15.1 Å². The van der Waals surface area contributed by atoms with Gasteiger partial charge in [-0.05, 0) is 31.0 Å². The van der Waals surface area contributed by atoms with Crippen molar-refractivity contribution in [2.45, 2.75) is 12.8 Å². The quantitative estimate of drug-likeness (QED) is 0.836. The van der Waals surface area contributed by atoms with Crippen LogP contribution < -0.4 is 10.1 Å². The predicted octanol–water partition coefficient (Wildman–Crippen LogP) is 1.41. The van der Waals surface area contributed by atoms with Gasteiger partial charge < -0.3 is 19.9 Å². The number of methoxy groups -OCH3 is 1. The van der Waals surface area contributed by atoms with Crippen LogP contribution in [-0.2, 0) is 9.59 Å². The number of likely N-dealkylation sites (N-methyl/N-ethyl adjacent to an activating group) is 1. The zero-order valence-electron chi connectivity index (χ0n) is 15.3. The molecule has 0 atom stereocenters. The van der Waals surface area contributed by atoms with E-state index in [1.54, 1.807) is 37.2 Å². The number of ether oxygens (including phenoxy) is 1. The summed E-state index contributed by atoms with van der Waals surface area (Å²) in [6, 6.07) is 4.93. The highest BCUT2D eigenvalue weighted by Gasteiger charge is 2.29. The summed E-state index contributed by atoms with van der Waals surface area (Å²) < 4.78 is 5.24. The Hall–Kier alpha value is -2.28. The van der Waals surface area contributed by atoms with E-state index in [1.165, 1.54) is 12.0 Å². The van der Waals surface area contributed by atoms with Crippen LogP contribution in [0.4, 0.5) is 0 Å². The van der Waals surface area contributed by atoms with Crippen LogP contribution in [0.3, 0.4) is 0 Å². The summed E-state index contributed by atoms with van der Waals surface area (Å²) in [7, 11) is 4.79. The number of carbonyl (C=O) groups excluding carboxylic acids is 3. The Morgan fingerprint density at radius 3 is 2.50 bits per heavy atom. The molecule has 2 rings (SSSR count). The minimum atomic E-state index is -0.199. The van der Waals surface area contributed by atoms with E-state index >= 15 is 0 Å². The van der Waals surface area contributed by atoms with Crippen LogP contribution in [0.5, 0.6) is 5.75 Å². The smallest absolute Gasteiger partial charge is 0.257 e. The lowest BCUT2D eigenvalue weighted by atomic mass is 9.95. The van der Waals surface area contributed by atoms with E-state index in [0.29, 0.717) is 42.3 Å². The number of amides is 3. The number of piperidine rings is 1. The molecule has 26 heavy (non-hydrogen) atoms. The molecule has 8 heteroatoms. The van der Waals surface area contributed by atoms with Gasteiger partial charge in [0.1, 0.15) is 5.75 Å². The minimum Gasteiger partial charge on any atom is -0.496 e. The second-order valence-corrected chi connectivity index (χ2v) is 6.85. The highest BCUT2D eigenvalue weighted by atomic mass is 35.5. The van der Waals surface area contributed by atoms with Crippen LogP contribution in [-0.4, -0.2) is 68.4 Å². The van der Waals surface area contributed by atoms with Crippen LogP contribution in [0.2, 0.25) is 5.02 Å². The number of hydrogen-bond donors (Lipinski definition) is 1. The van der Waals surface area contributed by atoms with Crippen LogP contribution in [0.15, 0.2) is 18.2 Å². The number of benzene rings is 1. The molecule has 1 N–H and O–H groups in total. The lowest BCUT2D eigenvalue weighted by molar-refractivity contribution is -0.132. The molecule has 3 amide bonds. The molecular formula is C18H24ClN3O4. The van der Waals surface area contributed by atoms with Crippen molar-refractivity contribution in [3.63, 3.8) is 0 Å². The fraction of sp³-hybridized carbons (Fsp3) is 0.500. The maximum atomic E-state index is 12.7.